The fraction of sp³-hybridized carbons (Fsp3) is 0.304. The average molecular weight is 440 g/mol. The Morgan fingerprint density at radius 1 is 1.43 bits per heavy atom. The van der Waals surface area contributed by atoms with Crippen LogP contribution in [0.4, 0.5) is 5.13 Å². The van der Waals surface area contributed by atoms with E-state index in [1.54, 1.807) is 36.4 Å². The van der Waals surface area contributed by atoms with Gasteiger partial charge in [0.25, 0.3) is 0 Å². The van der Waals surface area contributed by atoms with Crippen molar-refractivity contribution in [1.29, 1.82) is 0 Å². The third-order valence-corrected chi connectivity index (χ3v) is 6.80. The number of benzene rings is 1. The Kier molecular flexibility index (Phi) is 7.90. The summed E-state index contributed by atoms with van der Waals surface area (Å²) < 4.78 is 2.32. The molecule has 1 unspecified atom stereocenters. The Hall–Kier alpha value is -2.35. The maximum absolute atomic E-state index is 4.82. The van der Waals surface area contributed by atoms with Crippen molar-refractivity contribution < 1.29 is 0 Å². The van der Waals surface area contributed by atoms with Crippen LogP contribution >= 0.6 is 23.3 Å². The standard InChI is InChI=1S/C23H29N5S2/c1-6-10-16(7-2)30-28(5)21-14-13-17-18(11-9-12-19(17)21)20-15-29-23(26-20)27-22(24-4)25-8-3/h6-7,9-12,15,21H,1-2,8,13-14H2,3-5H3,(H2,24,25,26,27)/b16-10+. The highest BCUT2D eigenvalue weighted by molar-refractivity contribution is 8.01. The van der Waals surface area contributed by atoms with E-state index in [2.05, 4.69) is 63.7 Å². The zero-order valence-corrected chi connectivity index (χ0v) is 19.4. The minimum absolute atomic E-state index is 0.363. The minimum Gasteiger partial charge on any atom is -0.356 e. The summed E-state index contributed by atoms with van der Waals surface area (Å²) >= 11 is 3.31. The van der Waals surface area contributed by atoms with Gasteiger partial charge in [-0.1, -0.05) is 43.5 Å². The monoisotopic (exact) mass is 439 g/mol. The number of nitrogens with one attached hydrogen (secondary N) is 2. The van der Waals surface area contributed by atoms with Crippen LogP contribution in [-0.4, -0.2) is 35.9 Å². The van der Waals surface area contributed by atoms with E-state index in [1.165, 1.54) is 16.7 Å². The number of thiazole rings is 1. The molecule has 0 radical (unpaired) electrons. The molecule has 0 spiro atoms. The van der Waals surface area contributed by atoms with Gasteiger partial charge in [0, 0.05) is 35.5 Å². The number of hydrogen-bond donors (Lipinski definition) is 2. The molecule has 1 heterocycles. The van der Waals surface area contributed by atoms with Crippen molar-refractivity contribution in [2.75, 3.05) is 26.0 Å². The van der Waals surface area contributed by atoms with Gasteiger partial charge >= 0.3 is 0 Å². The van der Waals surface area contributed by atoms with Crippen molar-refractivity contribution in [3.05, 3.63) is 71.0 Å². The van der Waals surface area contributed by atoms with Crippen molar-refractivity contribution in [2.24, 2.45) is 4.99 Å². The topological polar surface area (TPSA) is 52.5 Å². The number of fused-ring (bicyclic) bond motifs is 1. The largest absolute Gasteiger partial charge is 0.356 e. The minimum atomic E-state index is 0.363. The zero-order valence-electron chi connectivity index (χ0n) is 17.8. The Labute approximate surface area is 187 Å². The molecule has 1 aromatic heterocycles. The van der Waals surface area contributed by atoms with Crippen LogP contribution in [0.15, 0.2) is 64.9 Å². The lowest BCUT2D eigenvalue weighted by atomic mass is 10.0. The van der Waals surface area contributed by atoms with E-state index in [-0.39, 0.29) is 0 Å². The lowest BCUT2D eigenvalue weighted by molar-refractivity contribution is 0.420. The van der Waals surface area contributed by atoms with E-state index in [0.29, 0.717) is 6.04 Å². The van der Waals surface area contributed by atoms with Crippen molar-refractivity contribution in [3.63, 3.8) is 0 Å². The summed E-state index contributed by atoms with van der Waals surface area (Å²) in [6, 6.07) is 6.93. The highest BCUT2D eigenvalue weighted by Gasteiger charge is 2.29. The molecule has 158 valence electrons. The van der Waals surface area contributed by atoms with Crippen molar-refractivity contribution >= 4 is 34.4 Å². The number of aliphatic imine (C=N–C) groups is 1. The first-order valence-electron chi connectivity index (χ1n) is 10.0. The highest BCUT2D eigenvalue weighted by Crippen LogP contribution is 2.43. The predicted octanol–water partition coefficient (Wildman–Crippen LogP) is 5.64. The first-order valence-corrected chi connectivity index (χ1v) is 11.7. The molecule has 1 aromatic carbocycles. The first kappa shape index (κ1) is 22.3. The molecule has 0 fully saturated rings. The molecule has 0 saturated carbocycles. The third-order valence-electron chi connectivity index (χ3n) is 4.98. The van der Waals surface area contributed by atoms with Crippen molar-refractivity contribution in [3.8, 4) is 11.3 Å². The maximum atomic E-state index is 4.82. The van der Waals surface area contributed by atoms with Crippen LogP contribution in [0.5, 0.6) is 0 Å². The van der Waals surface area contributed by atoms with Crippen LogP contribution in [0.2, 0.25) is 0 Å². The van der Waals surface area contributed by atoms with Gasteiger partial charge in [0.2, 0.25) is 0 Å². The summed E-state index contributed by atoms with van der Waals surface area (Å²) in [6.07, 6.45) is 7.81. The molecule has 1 aliphatic carbocycles. The molecule has 1 aliphatic rings. The second-order valence-corrected chi connectivity index (χ2v) is 8.93. The molecule has 0 amide bonds. The molecule has 0 aliphatic heterocycles. The molecule has 0 bridgehead atoms. The van der Waals surface area contributed by atoms with Gasteiger partial charge < -0.3 is 10.6 Å². The predicted molar refractivity (Wildman–Crippen MR) is 133 cm³/mol. The fourth-order valence-electron chi connectivity index (χ4n) is 3.63. The van der Waals surface area contributed by atoms with Crippen LogP contribution in [0.25, 0.3) is 11.3 Å². The summed E-state index contributed by atoms with van der Waals surface area (Å²) in [5.74, 6) is 0.737. The summed E-state index contributed by atoms with van der Waals surface area (Å²) in [5, 5.41) is 9.43. The zero-order chi connectivity index (χ0) is 21.5. The normalized spacial score (nSPS) is 16.5. The molecule has 7 heteroatoms. The van der Waals surface area contributed by atoms with Crippen LogP contribution in [0, 0.1) is 0 Å². The quantitative estimate of drug-likeness (QED) is 0.241. The summed E-state index contributed by atoms with van der Waals surface area (Å²) in [7, 11) is 3.91. The van der Waals surface area contributed by atoms with Crippen LogP contribution < -0.4 is 10.6 Å². The highest BCUT2D eigenvalue weighted by atomic mass is 32.2. The Morgan fingerprint density at radius 2 is 2.27 bits per heavy atom. The summed E-state index contributed by atoms with van der Waals surface area (Å²) in [4.78, 5) is 10.1. The molecular formula is C23H29N5S2. The van der Waals surface area contributed by atoms with Gasteiger partial charge in [0.05, 0.1) is 5.69 Å². The number of anilines is 1. The Balaban J connectivity index is 1.82. The molecule has 1 atom stereocenters. The van der Waals surface area contributed by atoms with E-state index < -0.39 is 0 Å². The number of aromatic nitrogens is 1. The first-order chi connectivity index (χ1) is 14.6. The second-order valence-electron chi connectivity index (χ2n) is 6.84. The van der Waals surface area contributed by atoms with Gasteiger partial charge in [-0.3, -0.25) is 4.99 Å². The molecule has 2 N–H and O–H groups in total. The fourth-order valence-corrected chi connectivity index (χ4v) is 5.25. The van der Waals surface area contributed by atoms with Gasteiger partial charge in [-0.25, -0.2) is 9.29 Å². The molecule has 3 rings (SSSR count). The van der Waals surface area contributed by atoms with Gasteiger partial charge in [-0.05, 0) is 56.0 Å². The van der Waals surface area contributed by atoms with E-state index in [0.717, 1.165) is 41.1 Å². The Bertz CT molecular complexity index is 960. The van der Waals surface area contributed by atoms with Crippen LogP contribution in [0.3, 0.4) is 0 Å². The smallest absolute Gasteiger partial charge is 0.197 e. The number of allylic oxidation sites excluding steroid dienone is 3. The lowest BCUT2D eigenvalue weighted by Crippen LogP contribution is -2.30. The van der Waals surface area contributed by atoms with Crippen molar-refractivity contribution in [2.45, 2.75) is 25.8 Å². The van der Waals surface area contributed by atoms with E-state index in [4.69, 9.17) is 4.98 Å². The van der Waals surface area contributed by atoms with Gasteiger partial charge in [0.15, 0.2) is 11.1 Å². The van der Waals surface area contributed by atoms with Crippen molar-refractivity contribution in [1.82, 2.24) is 14.6 Å². The number of guanidine groups is 1. The number of rotatable bonds is 8. The van der Waals surface area contributed by atoms with Crippen LogP contribution in [-0.2, 0) is 6.42 Å². The number of hydrogen-bond acceptors (Lipinski definition) is 5. The van der Waals surface area contributed by atoms with E-state index in [1.807, 2.05) is 19.1 Å². The molecule has 5 nitrogen and oxygen atoms in total. The summed E-state index contributed by atoms with van der Waals surface area (Å²) in [5.41, 5.74) is 5.02. The van der Waals surface area contributed by atoms with E-state index in [9.17, 15) is 0 Å². The van der Waals surface area contributed by atoms with Gasteiger partial charge in [-0.2, -0.15) is 0 Å². The Morgan fingerprint density at radius 3 is 2.97 bits per heavy atom. The SMILES string of the molecule is C=C/C=C(\C=C)SN(C)C1CCc2c(-c3csc(NC(=NC)NCC)n3)cccc21. The molecule has 0 saturated heterocycles. The van der Waals surface area contributed by atoms with Crippen LogP contribution in [0.1, 0.15) is 30.5 Å². The number of nitrogens with zero attached hydrogens (tertiary/aromatic N) is 3. The van der Waals surface area contributed by atoms with Gasteiger partial charge in [0.1, 0.15) is 0 Å². The third kappa shape index (κ3) is 5.03. The molecular weight excluding hydrogens is 410 g/mol. The molecule has 30 heavy (non-hydrogen) atoms. The summed E-state index contributed by atoms with van der Waals surface area (Å²) in [6.45, 7) is 10.6. The van der Waals surface area contributed by atoms with Gasteiger partial charge in [-0.15, -0.1) is 11.3 Å². The molecule has 2 aromatic rings. The average Bonchev–Trinajstić information content (AvgIpc) is 3.40. The second kappa shape index (κ2) is 10.6. The van der Waals surface area contributed by atoms with E-state index >= 15 is 0 Å². The maximum Gasteiger partial charge on any atom is 0.197 e. The lowest BCUT2D eigenvalue weighted by Gasteiger charge is -2.24.